The molecule has 1 aliphatic carbocycles. The summed E-state index contributed by atoms with van der Waals surface area (Å²) in [5, 5.41) is 35.5. The van der Waals surface area contributed by atoms with Crippen LogP contribution in [0.5, 0.6) is 17.5 Å². The van der Waals surface area contributed by atoms with Crippen LogP contribution in [0.2, 0.25) is 0 Å². The molecule has 86 heavy (non-hydrogen) atoms. The van der Waals surface area contributed by atoms with Gasteiger partial charge in [-0.1, -0.05) is 38.1 Å². The zero-order chi connectivity index (χ0) is 60.7. The average molecular weight is 1230 g/mol. The van der Waals surface area contributed by atoms with E-state index in [0.717, 1.165) is 62.9 Å². The van der Waals surface area contributed by atoms with Gasteiger partial charge in [-0.05, 0) is 85.6 Å². The molecule has 1 saturated carbocycles. The van der Waals surface area contributed by atoms with E-state index in [-0.39, 0.29) is 97.7 Å². The molecule has 5 aromatic rings. The van der Waals surface area contributed by atoms with Gasteiger partial charge in [-0.3, -0.25) is 19.0 Å². The van der Waals surface area contributed by atoms with Crippen molar-refractivity contribution in [3.8, 4) is 34.8 Å². The molecule has 10 rings (SSSR count). The third-order valence-corrected chi connectivity index (χ3v) is 18.8. The van der Waals surface area contributed by atoms with Crippen LogP contribution in [0.4, 0.5) is 17.2 Å². The highest BCUT2D eigenvalue weighted by Gasteiger charge is 2.45. The number of hydrogen-bond acceptors (Lipinski definition) is 23. The second-order valence-corrected chi connectivity index (χ2v) is 25.6. The second-order valence-electron chi connectivity index (χ2n) is 22.6. The molecule has 29 heteroatoms. The number of ether oxygens (including phenoxy) is 4. The fourth-order valence-electron chi connectivity index (χ4n) is 11.9. The Morgan fingerprint density at radius 1 is 0.860 bits per heavy atom. The Bertz CT molecular complexity index is 3280. The van der Waals surface area contributed by atoms with Gasteiger partial charge in [-0.2, -0.15) is 9.57 Å². The Kier molecular flexibility index (Phi) is 19.9. The van der Waals surface area contributed by atoms with Gasteiger partial charge >= 0.3 is 15.6 Å². The van der Waals surface area contributed by atoms with Gasteiger partial charge in [-0.15, -0.1) is 10.2 Å². The number of nitrogens with one attached hydrogen (secondary N) is 1. The molecule has 0 radical (unpaired) electrons. The summed E-state index contributed by atoms with van der Waals surface area (Å²) in [6.07, 6.45) is 6.54. The van der Waals surface area contributed by atoms with Crippen molar-refractivity contribution in [1.82, 2.24) is 35.5 Å². The van der Waals surface area contributed by atoms with E-state index in [9.17, 15) is 33.6 Å². The predicted octanol–water partition coefficient (Wildman–Crippen LogP) is 5.43. The highest BCUT2D eigenvalue weighted by Crippen LogP contribution is 2.60. The van der Waals surface area contributed by atoms with Gasteiger partial charge in [0.25, 0.3) is 5.88 Å². The third kappa shape index (κ3) is 15.3. The van der Waals surface area contributed by atoms with E-state index in [0.29, 0.717) is 60.4 Å². The van der Waals surface area contributed by atoms with Crippen molar-refractivity contribution in [1.29, 1.82) is 5.26 Å². The number of phosphoric acid groups is 2. The van der Waals surface area contributed by atoms with Crippen LogP contribution in [0, 0.1) is 17.2 Å². The maximum Gasteiger partial charge on any atom is 0.484 e. The maximum absolute atomic E-state index is 14.2. The number of nitrogens with zero attached hydrogens (tertiary/aromatic N) is 9. The van der Waals surface area contributed by atoms with Crippen LogP contribution in [0.25, 0.3) is 11.3 Å². The first kappa shape index (κ1) is 62.3. The number of rotatable bonds is 26. The van der Waals surface area contributed by atoms with Gasteiger partial charge < -0.3 is 69.8 Å². The lowest BCUT2D eigenvalue weighted by atomic mass is 9.91. The number of amides is 2. The molecule has 7 heterocycles. The number of pyridine rings is 1. The summed E-state index contributed by atoms with van der Waals surface area (Å²) in [5.74, 6) is -0.0310. The Balaban J connectivity index is 0.643. The molecule has 27 nitrogen and oxygen atoms in total. The fourth-order valence-corrected chi connectivity index (χ4v) is 13.8. The number of carbonyl (C=O) groups is 2. The van der Waals surface area contributed by atoms with Crippen molar-refractivity contribution < 1.29 is 70.4 Å². The van der Waals surface area contributed by atoms with Gasteiger partial charge in [-0.25, -0.2) is 18.6 Å². The summed E-state index contributed by atoms with van der Waals surface area (Å²) >= 11 is 0. The smallest absolute Gasteiger partial charge is 0.474 e. The zero-order valence-electron chi connectivity index (χ0n) is 48.1. The van der Waals surface area contributed by atoms with Gasteiger partial charge in [0.05, 0.1) is 54.0 Å². The number of phosphoric ester groups is 2. The number of likely N-dealkylation sites (tertiary alicyclic amines) is 2. The number of carbonyl (C=O) groups excluding carboxylic acids is 2. The van der Waals surface area contributed by atoms with Crippen molar-refractivity contribution in [2.45, 2.75) is 120 Å². The highest BCUT2D eigenvalue weighted by molar-refractivity contribution is 7.61. The van der Waals surface area contributed by atoms with Crippen LogP contribution in [-0.4, -0.2) is 165 Å². The zero-order valence-corrected chi connectivity index (χ0v) is 49.9. The second kappa shape index (κ2) is 27.5. The molecular formula is C57H74N12O15P2. The van der Waals surface area contributed by atoms with E-state index in [1.807, 2.05) is 39.0 Å². The molecule has 5 fully saturated rings. The lowest BCUT2D eigenvalue weighted by Crippen LogP contribution is -2.54. The van der Waals surface area contributed by atoms with Gasteiger partial charge in [0.1, 0.15) is 30.4 Å². The van der Waals surface area contributed by atoms with Gasteiger partial charge in [0.15, 0.2) is 18.4 Å². The molecular weight excluding hydrogens is 1150 g/mol. The van der Waals surface area contributed by atoms with Crippen molar-refractivity contribution >= 4 is 44.7 Å². The number of para-hydroxylation sites is 1. The van der Waals surface area contributed by atoms with Crippen LogP contribution in [0.3, 0.4) is 0 Å². The maximum atomic E-state index is 14.2. The summed E-state index contributed by atoms with van der Waals surface area (Å²) < 4.78 is 68.3. The number of aromatic nitrogens is 4. The van der Waals surface area contributed by atoms with E-state index in [4.69, 9.17) is 44.7 Å². The molecule has 462 valence electrons. The summed E-state index contributed by atoms with van der Waals surface area (Å²) in [6, 6.07) is 22.4. The number of piperidine rings is 1. The molecule has 4 aliphatic heterocycles. The van der Waals surface area contributed by atoms with Gasteiger partial charge in [0.2, 0.25) is 17.7 Å². The number of hydrogen-bond donors (Lipinski definition) is 6. The van der Waals surface area contributed by atoms with Crippen molar-refractivity contribution in [2.75, 3.05) is 81.4 Å². The number of nitriles is 1. The van der Waals surface area contributed by atoms with E-state index >= 15 is 0 Å². The molecule has 4 unspecified atom stereocenters. The highest BCUT2D eigenvalue weighted by atomic mass is 31.3. The van der Waals surface area contributed by atoms with Crippen LogP contribution in [-0.2, 0) is 36.8 Å². The lowest BCUT2D eigenvalue weighted by Gasteiger charge is -2.43. The fraction of sp³-hybridized carbons (Fsp3) is 0.526. The number of anilines is 3. The number of β-amino-alcohol motifs (C(OH)–C–C–N with tert-alkyl or cyclic N) is 1. The number of nitrogen functional groups attached to an aromatic ring is 1. The first-order chi connectivity index (χ1) is 41.3. The minimum Gasteiger partial charge on any atom is -0.474 e. The number of piperazine rings is 1. The van der Waals surface area contributed by atoms with Crippen LogP contribution >= 0.6 is 15.6 Å². The SMILES string of the molecule is CC(C)[C@@H](C(=O)N1C[C@H](O)C[C@H]1C(=O)N[C@@H](C)c1ccc(C#N)cc1)c1cc(OCCN2CCC(O[C@H]3C[C@H](Oc4cc(N5C6CCC5CN(c5cc(-c7ccccc7OCOP(=O)(O)OP(=O)(O)OCCN)nnc5N)C6)ccn4)C3)CC2)no1. The molecule has 4 saturated heterocycles. The summed E-state index contributed by atoms with van der Waals surface area (Å²) in [5.41, 5.74) is 15.7. The van der Waals surface area contributed by atoms with E-state index in [1.54, 1.807) is 60.8 Å². The summed E-state index contributed by atoms with van der Waals surface area (Å²) in [7, 11) is -10.0. The van der Waals surface area contributed by atoms with Crippen LogP contribution in [0.1, 0.15) is 94.6 Å². The topological polar surface area (TPSA) is 359 Å². The van der Waals surface area contributed by atoms with E-state index in [1.165, 1.54) is 4.90 Å². The molecule has 2 bridgehead atoms. The quantitative estimate of drug-likeness (QED) is 0.0297. The number of aliphatic hydroxyl groups is 1. The van der Waals surface area contributed by atoms with E-state index in [2.05, 4.69) is 55.3 Å². The summed E-state index contributed by atoms with van der Waals surface area (Å²) in [6.45, 7) is 8.38. The van der Waals surface area contributed by atoms with Crippen LogP contribution < -0.4 is 40.8 Å². The number of aliphatic hydroxyl groups excluding tert-OH is 1. The van der Waals surface area contributed by atoms with Crippen molar-refractivity contribution in [3.05, 3.63) is 95.9 Å². The molecule has 2 amide bonds. The van der Waals surface area contributed by atoms with Gasteiger partial charge in [0, 0.05) is 107 Å². The Morgan fingerprint density at radius 2 is 1.59 bits per heavy atom. The summed E-state index contributed by atoms with van der Waals surface area (Å²) in [4.78, 5) is 60.4. The number of fused-ring (bicyclic) bond motifs is 2. The largest absolute Gasteiger partial charge is 0.484 e. The van der Waals surface area contributed by atoms with Crippen molar-refractivity contribution in [2.24, 2.45) is 11.7 Å². The van der Waals surface area contributed by atoms with Crippen LogP contribution in [0.15, 0.2) is 83.5 Å². The molecule has 3 aromatic heterocycles. The first-order valence-electron chi connectivity index (χ1n) is 29.0. The lowest BCUT2D eigenvalue weighted by molar-refractivity contribution is -0.141. The third-order valence-electron chi connectivity index (χ3n) is 16.2. The molecule has 8 atom stereocenters. The number of nitrogens with two attached hydrogens (primary N) is 2. The number of benzene rings is 2. The normalized spacial score (nSPS) is 23.6. The Hall–Kier alpha value is -6.79. The monoisotopic (exact) mass is 1230 g/mol. The molecule has 8 N–H and O–H groups in total. The average Bonchev–Trinajstić information content (AvgIpc) is 2.04. The predicted molar refractivity (Wildman–Crippen MR) is 311 cm³/mol. The minimum atomic E-state index is -5.08. The molecule has 0 spiro atoms. The Morgan fingerprint density at radius 3 is 2.31 bits per heavy atom. The Labute approximate surface area is 498 Å². The minimum absolute atomic E-state index is 0.00923. The standard InChI is InChI=1S/C57H74N12O15P2/c1-35(2)54(57(72)68-33-42(70)25-49(68)56(71)62-36(3)38-10-8-37(30-59)9-11-38)51-29-53(65-83-51)77-23-21-66-19-15-43(16-20-66)81-44-26-45(27-44)82-52-24-39(14-18-61-52)69-40-12-13-41(69)32-67(31-40)48-28-47(63-64-55(48)60)46-6-4-5-7-50(46)78-34-80-86(75,76)84-85(73,74)79-22-17-58/h4-11,14,18,24,28-29,35-36,40-45,49,54,70H,12-13,15-17,19-23,25-27,31-34,58H2,1-3H3,(H2,60,64)(H,62,71)(H,73,74)(H,75,76)/t36-,40?,41?,42+,44-,45-,49-,54+/m0/s1. The van der Waals surface area contributed by atoms with E-state index < -0.39 is 40.5 Å². The molecule has 2 aromatic carbocycles. The molecule has 5 aliphatic rings. The first-order valence-corrected chi connectivity index (χ1v) is 31.9. The van der Waals surface area contributed by atoms with Crippen molar-refractivity contribution in [3.63, 3.8) is 0 Å².